The summed E-state index contributed by atoms with van der Waals surface area (Å²) in [5, 5.41) is 11.3. The molecule has 4 heteroatoms. The quantitative estimate of drug-likeness (QED) is 0.760. The summed E-state index contributed by atoms with van der Waals surface area (Å²) in [5.74, 6) is 2.51. The van der Waals surface area contributed by atoms with Crippen LogP contribution >= 0.6 is 0 Å². The molecule has 0 aromatic carbocycles. The lowest BCUT2D eigenvalue weighted by Crippen LogP contribution is -2.61. The first-order valence-electron chi connectivity index (χ1n) is 11.3. The molecule has 1 N–H and O–H groups in total. The second-order valence-corrected chi connectivity index (χ2v) is 10.8. The number of carbonyl (C=O) groups is 1. The lowest BCUT2D eigenvalue weighted by molar-refractivity contribution is -0.230. The molecule has 2 unspecified atom stereocenters. The van der Waals surface area contributed by atoms with Crippen molar-refractivity contribution >= 4 is 5.78 Å². The molecule has 0 spiro atoms. The topological polar surface area (TPSA) is 55.8 Å². The van der Waals surface area contributed by atoms with Crippen LogP contribution in [0, 0.1) is 40.4 Å². The van der Waals surface area contributed by atoms with E-state index in [1.54, 1.807) is 6.92 Å². The number of carbonyl (C=O) groups excluding carboxylic acids is 1. The first-order valence-corrected chi connectivity index (χ1v) is 11.3. The van der Waals surface area contributed by atoms with Gasteiger partial charge < -0.3 is 14.6 Å². The van der Waals surface area contributed by atoms with E-state index in [1.807, 2.05) is 0 Å². The molecule has 4 saturated carbocycles. The van der Waals surface area contributed by atoms with Crippen molar-refractivity contribution in [1.82, 2.24) is 0 Å². The molecule has 0 bridgehead atoms. The van der Waals surface area contributed by atoms with Gasteiger partial charge >= 0.3 is 0 Å². The minimum atomic E-state index is -0.218. The minimum Gasteiger partial charge on any atom is -0.393 e. The van der Waals surface area contributed by atoms with E-state index in [4.69, 9.17) is 9.47 Å². The van der Waals surface area contributed by atoms with Gasteiger partial charge in [0, 0.05) is 5.92 Å². The molecule has 1 aliphatic heterocycles. The van der Waals surface area contributed by atoms with Gasteiger partial charge in [0.2, 0.25) is 0 Å². The van der Waals surface area contributed by atoms with Gasteiger partial charge in [0.25, 0.3) is 0 Å². The van der Waals surface area contributed by atoms with Crippen molar-refractivity contribution in [1.29, 1.82) is 0 Å². The van der Waals surface area contributed by atoms with Crippen LogP contribution in [0.5, 0.6) is 0 Å². The lowest BCUT2D eigenvalue weighted by atomic mass is 9.43. The molecule has 0 aromatic heterocycles. The third-order valence-corrected chi connectivity index (χ3v) is 9.89. The molecule has 0 radical (unpaired) electrons. The number of aliphatic hydroxyl groups is 1. The molecular formula is C23H36O4. The van der Waals surface area contributed by atoms with E-state index < -0.39 is 0 Å². The Labute approximate surface area is 163 Å². The van der Waals surface area contributed by atoms with Crippen molar-refractivity contribution in [3.05, 3.63) is 0 Å². The van der Waals surface area contributed by atoms with Crippen molar-refractivity contribution in [2.24, 2.45) is 40.4 Å². The third kappa shape index (κ3) is 2.55. The van der Waals surface area contributed by atoms with Crippen molar-refractivity contribution in [3.63, 3.8) is 0 Å². The Hall–Kier alpha value is -0.450. The Morgan fingerprint density at radius 3 is 2.41 bits per heavy atom. The molecule has 5 aliphatic rings. The fourth-order valence-corrected chi connectivity index (χ4v) is 8.61. The van der Waals surface area contributed by atoms with E-state index in [0.717, 1.165) is 51.6 Å². The first kappa shape index (κ1) is 18.6. The maximum absolute atomic E-state index is 12.3. The Balaban J connectivity index is 1.46. The van der Waals surface area contributed by atoms with Crippen LogP contribution in [0.2, 0.25) is 0 Å². The van der Waals surface area contributed by atoms with E-state index in [2.05, 4.69) is 13.8 Å². The van der Waals surface area contributed by atoms with Crippen molar-refractivity contribution < 1.29 is 19.4 Å². The fraction of sp³-hybridized carbons (Fsp3) is 0.957. The summed E-state index contributed by atoms with van der Waals surface area (Å²) in [4.78, 5) is 12.3. The number of hydrogen-bond donors (Lipinski definition) is 1. The predicted molar refractivity (Wildman–Crippen MR) is 102 cm³/mol. The summed E-state index contributed by atoms with van der Waals surface area (Å²) in [6.45, 7) is 8.05. The van der Waals surface area contributed by atoms with Crippen LogP contribution in [0.1, 0.15) is 65.7 Å². The van der Waals surface area contributed by atoms with Gasteiger partial charge in [0.05, 0.1) is 31.5 Å². The third-order valence-electron chi connectivity index (χ3n) is 9.89. The van der Waals surface area contributed by atoms with E-state index in [1.165, 1.54) is 0 Å². The average Bonchev–Trinajstić information content (AvgIpc) is 2.98. The zero-order valence-corrected chi connectivity index (χ0v) is 17.2. The maximum atomic E-state index is 12.3. The molecule has 1 saturated heterocycles. The summed E-state index contributed by atoms with van der Waals surface area (Å²) in [5.41, 5.74) is 0.334. The lowest BCUT2D eigenvalue weighted by Gasteiger charge is -2.63. The van der Waals surface area contributed by atoms with Gasteiger partial charge in [0.15, 0.2) is 0 Å². The Morgan fingerprint density at radius 1 is 0.963 bits per heavy atom. The summed E-state index contributed by atoms with van der Waals surface area (Å²) in [6, 6.07) is 0. The van der Waals surface area contributed by atoms with Crippen molar-refractivity contribution in [2.45, 2.75) is 84.0 Å². The average molecular weight is 377 g/mol. The normalized spacial score (nSPS) is 57.2. The number of fused-ring (bicyclic) bond motifs is 6. The van der Waals surface area contributed by atoms with E-state index in [9.17, 15) is 9.90 Å². The van der Waals surface area contributed by atoms with Gasteiger partial charge in [-0.3, -0.25) is 4.79 Å². The molecule has 4 nitrogen and oxygen atoms in total. The second kappa shape index (κ2) is 6.27. The van der Waals surface area contributed by atoms with Gasteiger partial charge in [0.1, 0.15) is 5.78 Å². The van der Waals surface area contributed by atoms with Crippen LogP contribution < -0.4 is 0 Å². The Kier molecular flexibility index (Phi) is 4.31. The highest BCUT2D eigenvalue weighted by atomic mass is 16.6. The largest absolute Gasteiger partial charge is 0.393 e. The van der Waals surface area contributed by atoms with Crippen LogP contribution in [-0.2, 0) is 14.3 Å². The van der Waals surface area contributed by atoms with Crippen molar-refractivity contribution in [3.8, 4) is 0 Å². The van der Waals surface area contributed by atoms with E-state index >= 15 is 0 Å². The summed E-state index contributed by atoms with van der Waals surface area (Å²) < 4.78 is 12.2. The molecule has 152 valence electrons. The predicted octanol–water partition coefficient (Wildman–Crippen LogP) is 3.60. The van der Waals surface area contributed by atoms with Crippen LogP contribution in [-0.4, -0.2) is 42.4 Å². The number of hydrogen-bond acceptors (Lipinski definition) is 4. The van der Waals surface area contributed by atoms with Gasteiger partial charge in [-0.1, -0.05) is 13.8 Å². The Bertz CT molecular complexity index is 619. The number of rotatable bonds is 1. The first-order chi connectivity index (χ1) is 12.8. The molecule has 1 heterocycles. The molecule has 27 heavy (non-hydrogen) atoms. The molecule has 0 amide bonds. The van der Waals surface area contributed by atoms with Crippen LogP contribution in [0.25, 0.3) is 0 Å². The summed E-state index contributed by atoms with van der Waals surface area (Å²) in [7, 11) is 0. The number of Topliss-reactive ketones (excluding diaryl/α,β-unsaturated/α-hetero) is 1. The molecular weight excluding hydrogens is 340 g/mol. The fourth-order valence-electron chi connectivity index (χ4n) is 8.61. The molecule has 4 aliphatic carbocycles. The van der Waals surface area contributed by atoms with Gasteiger partial charge in [-0.25, -0.2) is 0 Å². The monoisotopic (exact) mass is 376 g/mol. The molecule has 5 rings (SSSR count). The minimum absolute atomic E-state index is 0.0961. The SMILES string of the molecule is CC(=O)[C@H]1CC[C@H]2[C@@H]3[C@@H](O)C[C@H]4CC5OCCOC5C[C@]4(C)[C@H]3CC[C@]12C. The standard InChI is InChI=1S/C23H36O4/c1-13(24)15-4-5-16-21-17(6-7-22(15,16)2)23(3)12-20-19(26-8-9-27-20)11-14(23)10-18(21)25/h14-21,25H,4-12H2,1-3H3/t14-,15+,16-,17-,18-,19?,20?,21-,22+,23-/m0/s1. The highest BCUT2D eigenvalue weighted by Gasteiger charge is 2.64. The van der Waals surface area contributed by atoms with Crippen LogP contribution in [0.3, 0.4) is 0 Å². The second-order valence-electron chi connectivity index (χ2n) is 10.8. The van der Waals surface area contributed by atoms with Gasteiger partial charge in [-0.05, 0) is 86.4 Å². The number of ketones is 1. The van der Waals surface area contributed by atoms with Gasteiger partial charge in [-0.15, -0.1) is 0 Å². The summed E-state index contributed by atoms with van der Waals surface area (Å²) >= 11 is 0. The van der Waals surface area contributed by atoms with Crippen LogP contribution in [0.4, 0.5) is 0 Å². The molecule has 5 fully saturated rings. The molecule has 0 aromatic rings. The summed E-state index contributed by atoms with van der Waals surface area (Å²) in [6.07, 6.45) is 7.70. The van der Waals surface area contributed by atoms with Crippen LogP contribution in [0.15, 0.2) is 0 Å². The number of aliphatic hydroxyl groups excluding tert-OH is 1. The Morgan fingerprint density at radius 2 is 1.67 bits per heavy atom. The maximum Gasteiger partial charge on any atom is 0.133 e. The number of ether oxygens (including phenoxy) is 2. The van der Waals surface area contributed by atoms with Gasteiger partial charge in [-0.2, -0.15) is 0 Å². The highest BCUT2D eigenvalue weighted by molar-refractivity contribution is 5.79. The zero-order valence-electron chi connectivity index (χ0n) is 17.2. The zero-order chi connectivity index (χ0) is 19.0. The van der Waals surface area contributed by atoms with E-state index in [-0.39, 0.29) is 35.1 Å². The van der Waals surface area contributed by atoms with Crippen molar-refractivity contribution in [2.75, 3.05) is 13.2 Å². The van der Waals surface area contributed by atoms with E-state index in [0.29, 0.717) is 36.1 Å². The smallest absolute Gasteiger partial charge is 0.133 e. The highest BCUT2D eigenvalue weighted by Crippen LogP contribution is 2.67. The molecule has 10 atom stereocenters.